The molecule has 160 valence electrons. The largest absolute Gasteiger partial charge is 0.508 e. The molecule has 0 spiro atoms. The van der Waals surface area contributed by atoms with Crippen LogP contribution in [0.3, 0.4) is 0 Å². The molecule has 0 saturated heterocycles. The highest BCUT2D eigenvalue weighted by atomic mass is 16.5. The molecule has 0 amide bonds. The first-order valence-corrected chi connectivity index (χ1v) is 9.09. The molecular weight excluding hydrogens is 378 g/mol. The van der Waals surface area contributed by atoms with Gasteiger partial charge in [0.05, 0.1) is 0 Å². The number of anilines is 2. The number of hydrogen-bond donors (Lipinski definition) is 1. The summed E-state index contributed by atoms with van der Waals surface area (Å²) in [5.41, 5.74) is 1.07. The fraction of sp³-hybridized carbons (Fsp3) is 0.526. The second-order valence-electron chi connectivity index (χ2n) is 6.27. The second kappa shape index (κ2) is 12.1. The van der Waals surface area contributed by atoms with E-state index in [1.54, 1.807) is 50.4 Å². The van der Waals surface area contributed by atoms with E-state index in [2.05, 4.69) is 15.0 Å². The van der Waals surface area contributed by atoms with E-state index in [4.69, 9.17) is 18.9 Å². The number of aromatic nitrogens is 3. The zero-order chi connectivity index (χ0) is 21.1. The van der Waals surface area contributed by atoms with Gasteiger partial charge in [-0.05, 0) is 24.1 Å². The van der Waals surface area contributed by atoms with Gasteiger partial charge in [0.2, 0.25) is 11.9 Å². The first-order chi connectivity index (χ1) is 14.1. The molecule has 2 rings (SSSR count). The van der Waals surface area contributed by atoms with Crippen LogP contribution in [0.15, 0.2) is 24.3 Å². The van der Waals surface area contributed by atoms with Gasteiger partial charge in [-0.25, -0.2) is 0 Å². The number of methoxy groups -OCH3 is 4. The Hall–Kier alpha value is -2.53. The number of aryl methyl sites for hydroxylation is 2. The number of rotatable bonds is 13. The zero-order valence-corrected chi connectivity index (χ0v) is 17.4. The first-order valence-electron chi connectivity index (χ1n) is 9.09. The lowest BCUT2D eigenvalue weighted by Crippen LogP contribution is -2.33. The Bertz CT molecular complexity index is 685. The van der Waals surface area contributed by atoms with Crippen LogP contribution in [0.5, 0.6) is 5.75 Å². The summed E-state index contributed by atoms with van der Waals surface area (Å²) in [5.74, 6) is 1.74. The van der Waals surface area contributed by atoms with Crippen LogP contribution in [-0.2, 0) is 31.8 Å². The predicted octanol–water partition coefficient (Wildman–Crippen LogP) is 1.39. The van der Waals surface area contributed by atoms with Crippen molar-refractivity contribution in [3.05, 3.63) is 35.7 Å². The van der Waals surface area contributed by atoms with Gasteiger partial charge < -0.3 is 24.1 Å². The summed E-state index contributed by atoms with van der Waals surface area (Å²) in [6.07, 6.45) is 1.31. The third-order valence-electron chi connectivity index (χ3n) is 3.94. The summed E-state index contributed by atoms with van der Waals surface area (Å²) in [6, 6.07) is 7.08. The summed E-state index contributed by atoms with van der Waals surface area (Å²) in [5, 5.41) is 9.45. The van der Waals surface area contributed by atoms with Crippen LogP contribution >= 0.6 is 0 Å². The minimum Gasteiger partial charge on any atom is -0.508 e. The SMILES string of the molecule is COCN(COC)c1nc(CCc2ccc(O)cc2)nc(N(COC)COC)n1. The van der Waals surface area contributed by atoms with E-state index in [9.17, 15) is 5.11 Å². The molecular formula is C19H29N5O5. The van der Waals surface area contributed by atoms with Gasteiger partial charge in [-0.15, -0.1) is 0 Å². The maximum Gasteiger partial charge on any atom is 0.234 e. The van der Waals surface area contributed by atoms with Crippen LogP contribution < -0.4 is 9.80 Å². The summed E-state index contributed by atoms with van der Waals surface area (Å²) in [4.78, 5) is 17.3. The van der Waals surface area contributed by atoms with Crippen molar-refractivity contribution in [2.24, 2.45) is 0 Å². The van der Waals surface area contributed by atoms with Gasteiger partial charge >= 0.3 is 0 Å². The molecule has 0 radical (unpaired) electrons. The molecule has 2 aromatic rings. The van der Waals surface area contributed by atoms with Crippen LogP contribution in [0, 0.1) is 0 Å². The molecule has 0 aliphatic carbocycles. The molecule has 0 bridgehead atoms. The highest BCUT2D eigenvalue weighted by molar-refractivity contribution is 5.38. The molecule has 10 heteroatoms. The summed E-state index contributed by atoms with van der Waals surface area (Å²) >= 11 is 0. The van der Waals surface area contributed by atoms with E-state index < -0.39 is 0 Å². The molecule has 0 saturated carbocycles. The van der Waals surface area contributed by atoms with E-state index in [1.807, 2.05) is 12.1 Å². The normalized spacial score (nSPS) is 10.9. The van der Waals surface area contributed by atoms with Gasteiger partial charge in [0.15, 0.2) is 0 Å². The molecule has 1 aromatic carbocycles. The quantitative estimate of drug-likeness (QED) is 0.490. The third kappa shape index (κ3) is 7.09. The Kier molecular flexibility index (Phi) is 9.51. The lowest BCUT2D eigenvalue weighted by atomic mass is 10.1. The standard InChI is InChI=1S/C19H29N5O5/c1-26-11-23(12-27-2)18-20-17(10-7-15-5-8-16(25)9-6-15)21-19(22-18)24(13-28-3)14-29-4/h5-6,8-9,25H,7,10-14H2,1-4H3. The third-order valence-corrected chi connectivity index (χ3v) is 3.94. The molecule has 29 heavy (non-hydrogen) atoms. The highest BCUT2D eigenvalue weighted by Crippen LogP contribution is 2.17. The number of hydrogen-bond acceptors (Lipinski definition) is 10. The van der Waals surface area contributed by atoms with Gasteiger partial charge in [-0.3, -0.25) is 9.80 Å². The molecule has 0 atom stereocenters. The number of aromatic hydroxyl groups is 1. The molecule has 10 nitrogen and oxygen atoms in total. The molecule has 0 unspecified atom stereocenters. The van der Waals surface area contributed by atoms with Crippen molar-refractivity contribution in [3.63, 3.8) is 0 Å². The molecule has 1 heterocycles. The topological polar surface area (TPSA) is 102 Å². The Labute approximate surface area is 171 Å². The van der Waals surface area contributed by atoms with Crippen molar-refractivity contribution in [2.75, 3.05) is 65.2 Å². The Balaban J connectivity index is 2.32. The van der Waals surface area contributed by atoms with Gasteiger partial charge in [-0.1, -0.05) is 12.1 Å². The van der Waals surface area contributed by atoms with Crippen LogP contribution in [0.25, 0.3) is 0 Å². The van der Waals surface area contributed by atoms with Crippen molar-refractivity contribution in [1.29, 1.82) is 0 Å². The van der Waals surface area contributed by atoms with Crippen molar-refractivity contribution in [1.82, 2.24) is 15.0 Å². The first kappa shape index (κ1) is 22.8. The smallest absolute Gasteiger partial charge is 0.234 e. The molecule has 0 fully saturated rings. The van der Waals surface area contributed by atoms with Crippen LogP contribution in [-0.4, -0.2) is 75.4 Å². The van der Waals surface area contributed by atoms with Crippen molar-refractivity contribution in [3.8, 4) is 5.75 Å². The Morgan fingerprint density at radius 3 is 1.55 bits per heavy atom. The maximum absolute atomic E-state index is 9.45. The Morgan fingerprint density at radius 2 is 1.14 bits per heavy atom. The van der Waals surface area contributed by atoms with E-state index in [0.29, 0.717) is 30.6 Å². The molecule has 1 aromatic heterocycles. The fourth-order valence-electron chi connectivity index (χ4n) is 2.64. The summed E-state index contributed by atoms with van der Waals surface area (Å²) < 4.78 is 21.0. The fourth-order valence-corrected chi connectivity index (χ4v) is 2.64. The van der Waals surface area contributed by atoms with E-state index >= 15 is 0 Å². The lowest BCUT2D eigenvalue weighted by molar-refractivity contribution is 0.136. The Morgan fingerprint density at radius 1 is 0.690 bits per heavy atom. The number of benzene rings is 1. The van der Waals surface area contributed by atoms with Crippen LogP contribution in [0.4, 0.5) is 11.9 Å². The van der Waals surface area contributed by atoms with E-state index in [0.717, 1.165) is 5.56 Å². The molecule has 1 N–H and O–H groups in total. The minimum atomic E-state index is 0.239. The average Bonchev–Trinajstić information content (AvgIpc) is 2.73. The van der Waals surface area contributed by atoms with Crippen molar-refractivity contribution >= 4 is 11.9 Å². The maximum atomic E-state index is 9.45. The predicted molar refractivity (Wildman–Crippen MR) is 108 cm³/mol. The summed E-state index contributed by atoms with van der Waals surface area (Å²) in [6.45, 7) is 1.07. The lowest BCUT2D eigenvalue weighted by Gasteiger charge is -2.24. The monoisotopic (exact) mass is 407 g/mol. The molecule has 0 aliphatic heterocycles. The van der Waals surface area contributed by atoms with Crippen LogP contribution in [0.2, 0.25) is 0 Å². The van der Waals surface area contributed by atoms with Crippen molar-refractivity contribution < 1.29 is 24.1 Å². The highest BCUT2D eigenvalue weighted by Gasteiger charge is 2.17. The van der Waals surface area contributed by atoms with Crippen LogP contribution in [0.1, 0.15) is 11.4 Å². The summed E-state index contributed by atoms with van der Waals surface area (Å²) in [7, 11) is 6.38. The average molecular weight is 407 g/mol. The number of nitrogens with zero attached hydrogens (tertiary/aromatic N) is 5. The van der Waals surface area contributed by atoms with Crippen molar-refractivity contribution in [2.45, 2.75) is 12.8 Å². The van der Waals surface area contributed by atoms with Gasteiger partial charge in [0, 0.05) is 34.9 Å². The number of ether oxygens (including phenoxy) is 4. The second-order valence-corrected chi connectivity index (χ2v) is 6.27. The minimum absolute atomic E-state index is 0.239. The number of phenols is 1. The number of phenolic OH excluding ortho intramolecular Hbond substituents is 1. The zero-order valence-electron chi connectivity index (χ0n) is 17.4. The van der Waals surface area contributed by atoms with E-state index in [-0.39, 0.29) is 32.7 Å². The van der Waals surface area contributed by atoms with E-state index in [1.165, 1.54) is 0 Å². The van der Waals surface area contributed by atoms with Gasteiger partial charge in [-0.2, -0.15) is 15.0 Å². The van der Waals surface area contributed by atoms with Gasteiger partial charge in [0.1, 0.15) is 38.5 Å². The van der Waals surface area contributed by atoms with Gasteiger partial charge in [0.25, 0.3) is 0 Å². The molecule has 0 aliphatic rings.